The molecule has 0 fully saturated rings. The van der Waals surface area contributed by atoms with Crippen molar-refractivity contribution in [2.24, 2.45) is 0 Å². The number of ether oxygens (including phenoxy) is 1. The predicted octanol–water partition coefficient (Wildman–Crippen LogP) is 6.79. The van der Waals surface area contributed by atoms with Crippen molar-refractivity contribution >= 4 is 12.0 Å². The van der Waals surface area contributed by atoms with Crippen LogP contribution in [0, 0.1) is 0 Å². The van der Waals surface area contributed by atoms with Crippen molar-refractivity contribution in [1.82, 2.24) is 0 Å². The molecule has 1 aromatic carbocycles. The molecule has 26 heavy (non-hydrogen) atoms. The van der Waals surface area contributed by atoms with Gasteiger partial charge in [0, 0.05) is 6.08 Å². The van der Waals surface area contributed by atoms with Gasteiger partial charge in [-0.25, -0.2) is 4.79 Å². The average molecular weight is 370 g/mol. The zero-order chi connectivity index (χ0) is 19.3. The van der Waals surface area contributed by atoms with E-state index in [1.165, 1.54) is 62.8 Å². The molecule has 0 aliphatic heterocycles. The Morgan fingerprint density at radius 3 is 2.23 bits per heavy atom. The first-order valence-electron chi connectivity index (χ1n) is 9.45. The first-order valence-corrected chi connectivity index (χ1v) is 9.45. The third kappa shape index (κ3) is 10.3. The number of unbranched alkanes of at least 4 members (excludes halogenated alkanes) is 8. The molecule has 2 nitrogen and oxygen atoms in total. The maximum Gasteiger partial charge on any atom is 0.416 e. The summed E-state index contributed by atoms with van der Waals surface area (Å²) in [6.07, 6.45) is 8.76. The fraction of sp³-hybridized carbons (Fsp3) is 0.571. The van der Waals surface area contributed by atoms with Crippen LogP contribution in [-0.4, -0.2) is 12.6 Å². The minimum absolute atomic E-state index is 0.319. The summed E-state index contributed by atoms with van der Waals surface area (Å²) in [7, 11) is 0. The lowest BCUT2D eigenvalue weighted by Crippen LogP contribution is -2.04. The number of carbonyl (C=O) groups excluding carboxylic acids is 1. The standard InChI is InChI=1S/C21H29F3O2/c1-2-3-4-5-6-7-8-9-10-16-26-20(25)15-14-18-12-11-13-19(17-18)21(22,23)24/h11-15,17H,2-10,16H2,1H3/b15-14+. The first-order chi connectivity index (χ1) is 12.4. The number of carbonyl (C=O) groups is 1. The van der Waals surface area contributed by atoms with Gasteiger partial charge < -0.3 is 4.74 Å². The van der Waals surface area contributed by atoms with Crippen LogP contribution in [0.3, 0.4) is 0 Å². The second kappa shape index (κ2) is 12.6. The topological polar surface area (TPSA) is 26.3 Å². The molecule has 0 unspecified atom stereocenters. The molecule has 0 radical (unpaired) electrons. The molecule has 0 atom stereocenters. The zero-order valence-electron chi connectivity index (χ0n) is 15.5. The molecular weight excluding hydrogens is 341 g/mol. The Morgan fingerprint density at radius 2 is 1.62 bits per heavy atom. The van der Waals surface area contributed by atoms with Crippen molar-refractivity contribution in [3.8, 4) is 0 Å². The minimum Gasteiger partial charge on any atom is -0.463 e. The largest absolute Gasteiger partial charge is 0.463 e. The van der Waals surface area contributed by atoms with E-state index in [0.717, 1.165) is 31.4 Å². The normalized spacial score (nSPS) is 11.8. The second-order valence-electron chi connectivity index (χ2n) is 6.45. The molecule has 0 bridgehead atoms. The van der Waals surface area contributed by atoms with Crippen LogP contribution in [0.25, 0.3) is 6.08 Å². The molecule has 1 aromatic rings. The van der Waals surface area contributed by atoms with Crippen molar-refractivity contribution < 1.29 is 22.7 Å². The Hall–Kier alpha value is -1.78. The van der Waals surface area contributed by atoms with Crippen LogP contribution in [0.15, 0.2) is 30.3 Å². The molecule has 0 aliphatic carbocycles. The summed E-state index contributed by atoms with van der Waals surface area (Å²) in [6.45, 7) is 2.55. The van der Waals surface area contributed by atoms with E-state index in [1.54, 1.807) is 0 Å². The minimum atomic E-state index is -4.39. The van der Waals surface area contributed by atoms with Crippen LogP contribution in [0.1, 0.15) is 75.8 Å². The van der Waals surface area contributed by atoms with Gasteiger partial charge in [-0.2, -0.15) is 13.2 Å². The summed E-state index contributed by atoms with van der Waals surface area (Å²) in [4.78, 5) is 11.6. The second-order valence-corrected chi connectivity index (χ2v) is 6.45. The number of hydrogen-bond acceptors (Lipinski definition) is 2. The molecule has 0 amide bonds. The van der Waals surface area contributed by atoms with E-state index in [4.69, 9.17) is 4.74 Å². The van der Waals surface area contributed by atoms with Crippen LogP contribution in [-0.2, 0) is 15.7 Å². The monoisotopic (exact) mass is 370 g/mol. The summed E-state index contributed by atoms with van der Waals surface area (Å²) in [5.74, 6) is -0.526. The van der Waals surface area contributed by atoms with Gasteiger partial charge in [0.05, 0.1) is 12.2 Å². The van der Waals surface area contributed by atoms with Crippen molar-refractivity contribution in [3.63, 3.8) is 0 Å². The highest BCUT2D eigenvalue weighted by molar-refractivity contribution is 5.87. The van der Waals surface area contributed by atoms with Crippen LogP contribution in [0.2, 0.25) is 0 Å². The van der Waals surface area contributed by atoms with Gasteiger partial charge in [0.1, 0.15) is 0 Å². The van der Waals surface area contributed by atoms with E-state index in [1.807, 2.05) is 0 Å². The molecular formula is C21H29F3O2. The lowest BCUT2D eigenvalue weighted by Gasteiger charge is -2.06. The number of benzene rings is 1. The zero-order valence-corrected chi connectivity index (χ0v) is 15.5. The van der Waals surface area contributed by atoms with E-state index in [-0.39, 0.29) is 0 Å². The summed E-state index contributed by atoms with van der Waals surface area (Å²) in [6, 6.07) is 4.83. The Labute approximate surface area is 154 Å². The van der Waals surface area contributed by atoms with Gasteiger partial charge in [-0.3, -0.25) is 0 Å². The van der Waals surface area contributed by atoms with Crippen molar-refractivity contribution in [2.75, 3.05) is 6.61 Å². The highest BCUT2D eigenvalue weighted by Crippen LogP contribution is 2.29. The van der Waals surface area contributed by atoms with Crippen LogP contribution < -0.4 is 0 Å². The molecule has 1 rings (SSSR count). The predicted molar refractivity (Wildman–Crippen MR) is 98.7 cm³/mol. The summed E-state index contributed by atoms with van der Waals surface area (Å²) >= 11 is 0. The van der Waals surface area contributed by atoms with Crippen molar-refractivity contribution in [2.45, 2.75) is 70.9 Å². The van der Waals surface area contributed by atoms with Gasteiger partial charge in [-0.05, 0) is 30.2 Å². The van der Waals surface area contributed by atoms with Crippen LogP contribution in [0.5, 0.6) is 0 Å². The Bertz CT molecular complexity index is 550. The molecule has 0 saturated carbocycles. The first kappa shape index (κ1) is 22.3. The summed E-state index contributed by atoms with van der Waals surface area (Å²) in [5.41, 5.74) is -0.414. The lowest BCUT2D eigenvalue weighted by molar-refractivity contribution is -0.138. The molecule has 0 aliphatic rings. The molecule has 146 valence electrons. The van der Waals surface area contributed by atoms with E-state index in [2.05, 4.69) is 6.92 Å². The fourth-order valence-corrected chi connectivity index (χ4v) is 2.62. The number of rotatable bonds is 12. The van der Waals surface area contributed by atoms with Gasteiger partial charge in [0.25, 0.3) is 0 Å². The van der Waals surface area contributed by atoms with Gasteiger partial charge in [-0.1, -0.05) is 70.4 Å². The quantitative estimate of drug-likeness (QED) is 0.230. The van der Waals surface area contributed by atoms with Crippen LogP contribution in [0.4, 0.5) is 13.2 Å². The third-order valence-corrected chi connectivity index (χ3v) is 4.12. The molecule has 5 heteroatoms. The Balaban J connectivity index is 2.16. The number of esters is 1. The molecule has 0 saturated heterocycles. The number of hydrogen-bond donors (Lipinski definition) is 0. The maximum atomic E-state index is 12.6. The van der Waals surface area contributed by atoms with Crippen LogP contribution >= 0.6 is 0 Å². The van der Waals surface area contributed by atoms with Gasteiger partial charge in [0.2, 0.25) is 0 Å². The fourth-order valence-electron chi connectivity index (χ4n) is 2.62. The van der Waals surface area contributed by atoms with Crippen molar-refractivity contribution in [3.05, 3.63) is 41.5 Å². The average Bonchev–Trinajstić information content (AvgIpc) is 2.61. The molecule has 0 heterocycles. The Kier molecular flexibility index (Phi) is 10.7. The van der Waals surface area contributed by atoms with Gasteiger partial charge in [-0.15, -0.1) is 0 Å². The molecule has 0 spiro atoms. The third-order valence-electron chi connectivity index (χ3n) is 4.12. The maximum absolute atomic E-state index is 12.6. The number of alkyl halides is 3. The van der Waals surface area contributed by atoms with Gasteiger partial charge >= 0.3 is 12.1 Å². The van der Waals surface area contributed by atoms with E-state index in [9.17, 15) is 18.0 Å². The molecule has 0 N–H and O–H groups in total. The van der Waals surface area contributed by atoms with E-state index >= 15 is 0 Å². The molecule has 0 aromatic heterocycles. The van der Waals surface area contributed by atoms with E-state index in [0.29, 0.717) is 12.2 Å². The Morgan fingerprint density at radius 1 is 1.00 bits per heavy atom. The van der Waals surface area contributed by atoms with Crippen molar-refractivity contribution in [1.29, 1.82) is 0 Å². The smallest absolute Gasteiger partial charge is 0.416 e. The highest BCUT2D eigenvalue weighted by atomic mass is 19.4. The lowest BCUT2D eigenvalue weighted by atomic mass is 10.1. The van der Waals surface area contributed by atoms with E-state index < -0.39 is 17.7 Å². The summed E-state index contributed by atoms with van der Waals surface area (Å²) in [5, 5.41) is 0. The van der Waals surface area contributed by atoms with Gasteiger partial charge in [0.15, 0.2) is 0 Å². The summed E-state index contributed by atoms with van der Waals surface area (Å²) < 4.78 is 42.9. The highest BCUT2D eigenvalue weighted by Gasteiger charge is 2.30. The number of halogens is 3. The SMILES string of the molecule is CCCCCCCCCCCOC(=O)/C=C/c1cccc(C(F)(F)F)c1.